The van der Waals surface area contributed by atoms with E-state index in [4.69, 9.17) is 19.6 Å². The summed E-state index contributed by atoms with van der Waals surface area (Å²) in [6.45, 7) is 4.59. The summed E-state index contributed by atoms with van der Waals surface area (Å²) in [4.78, 5) is 22.8. The predicted molar refractivity (Wildman–Crippen MR) is 165 cm³/mol. The third kappa shape index (κ3) is 6.25. The van der Waals surface area contributed by atoms with E-state index >= 15 is 0 Å². The molecule has 0 saturated carbocycles. The van der Waals surface area contributed by atoms with Gasteiger partial charge in [0.1, 0.15) is 11.5 Å². The van der Waals surface area contributed by atoms with Crippen LogP contribution < -0.4 is 20.1 Å². The van der Waals surface area contributed by atoms with Gasteiger partial charge in [0.15, 0.2) is 5.69 Å². The van der Waals surface area contributed by atoms with Crippen molar-refractivity contribution in [2.75, 3.05) is 24.9 Å². The fourth-order valence-electron chi connectivity index (χ4n) is 4.77. The molecule has 0 bridgehead atoms. The molecule has 3 aromatic carbocycles. The number of ether oxygens (including phenoxy) is 2. The van der Waals surface area contributed by atoms with E-state index in [2.05, 4.69) is 29.5 Å². The number of amides is 1. The molecule has 2 heterocycles. The molecule has 0 atom stereocenters. The first-order valence-electron chi connectivity index (χ1n) is 13.9. The second-order valence-corrected chi connectivity index (χ2v) is 9.62. The maximum absolute atomic E-state index is 13.6. The molecule has 0 fully saturated rings. The van der Waals surface area contributed by atoms with Crippen LogP contribution in [0.1, 0.15) is 41.0 Å². The second kappa shape index (κ2) is 13.0. The summed E-state index contributed by atoms with van der Waals surface area (Å²) in [5, 5.41) is 11.1. The Labute approximate surface area is 245 Å². The topological polar surface area (TPSA) is 103 Å². The van der Waals surface area contributed by atoms with E-state index in [-0.39, 0.29) is 5.91 Å². The van der Waals surface area contributed by atoms with Crippen LogP contribution >= 0.6 is 0 Å². The van der Waals surface area contributed by atoms with Crippen LogP contribution in [0.5, 0.6) is 11.5 Å². The molecule has 0 spiro atoms. The molecular formula is C33H34N6O3. The fraction of sp³-hybridized carbons (Fsp3) is 0.212. The Morgan fingerprint density at radius 3 is 2.31 bits per heavy atom. The number of anilines is 3. The van der Waals surface area contributed by atoms with Gasteiger partial charge in [-0.05, 0) is 65.9 Å². The smallest absolute Gasteiger partial charge is 0.276 e. The number of hydrogen-bond acceptors (Lipinski definition) is 7. The highest BCUT2D eigenvalue weighted by Gasteiger charge is 2.20. The summed E-state index contributed by atoms with van der Waals surface area (Å²) < 4.78 is 12.6. The number of rotatable bonds is 11. The van der Waals surface area contributed by atoms with Gasteiger partial charge in [-0.15, -0.1) is 0 Å². The van der Waals surface area contributed by atoms with Gasteiger partial charge in [0.2, 0.25) is 5.95 Å². The van der Waals surface area contributed by atoms with Crippen molar-refractivity contribution in [3.05, 3.63) is 107 Å². The average Bonchev–Trinajstić information content (AvgIpc) is 3.45. The van der Waals surface area contributed by atoms with Gasteiger partial charge in [-0.3, -0.25) is 9.48 Å². The molecule has 9 nitrogen and oxygen atoms in total. The molecule has 0 saturated heterocycles. The number of aryl methyl sites for hydroxylation is 2. The maximum Gasteiger partial charge on any atom is 0.276 e. The minimum atomic E-state index is -0.276. The molecule has 0 radical (unpaired) electrons. The largest absolute Gasteiger partial charge is 0.497 e. The molecule has 5 aromatic rings. The number of hydrogen-bond donors (Lipinski definition) is 2. The Balaban J connectivity index is 1.51. The number of nitrogens with zero attached hydrogens (tertiary/aromatic N) is 4. The summed E-state index contributed by atoms with van der Waals surface area (Å²) in [7, 11) is 3.25. The Hall–Kier alpha value is -5.18. The Bertz CT molecular complexity index is 1660. The van der Waals surface area contributed by atoms with E-state index in [0.717, 1.165) is 46.7 Å². The van der Waals surface area contributed by atoms with Gasteiger partial charge in [0.25, 0.3) is 5.91 Å². The summed E-state index contributed by atoms with van der Waals surface area (Å²) in [6, 6.07) is 25.0. The molecule has 0 aliphatic heterocycles. The highest BCUT2D eigenvalue weighted by atomic mass is 16.5. The lowest BCUT2D eigenvalue weighted by molar-refractivity contribution is 0.102. The van der Waals surface area contributed by atoms with Crippen LogP contribution in [-0.4, -0.2) is 39.9 Å². The fourth-order valence-corrected chi connectivity index (χ4v) is 4.77. The highest BCUT2D eigenvalue weighted by molar-refractivity contribution is 6.04. The quantitative estimate of drug-likeness (QED) is 0.189. The molecule has 2 N–H and O–H groups in total. The van der Waals surface area contributed by atoms with E-state index in [1.807, 2.05) is 66.7 Å². The molecule has 214 valence electrons. The SMILES string of the molecule is CCc1cccc(CC)c1NC(=O)c1cc(-c2ccnc(Nc3ccccc3OC)n2)n(Cc2ccc(OC)cc2)n1. The first-order valence-corrected chi connectivity index (χ1v) is 13.9. The van der Waals surface area contributed by atoms with Crippen LogP contribution in [0.2, 0.25) is 0 Å². The zero-order chi connectivity index (χ0) is 29.5. The first-order chi connectivity index (χ1) is 20.5. The monoisotopic (exact) mass is 562 g/mol. The molecule has 5 rings (SSSR count). The molecule has 1 amide bonds. The first kappa shape index (κ1) is 28.4. The average molecular weight is 563 g/mol. The van der Waals surface area contributed by atoms with Crippen LogP contribution in [-0.2, 0) is 19.4 Å². The number of aromatic nitrogens is 4. The lowest BCUT2D eigenvalue weighted by Crippen LogP contribution is -2.16. The van der Waals surface area contributed by atoms with E-state index < -0.39 is 0 Å². The van der Waals surface area contributed by atoms with Crippen molar-refractivity contribution < 1.29 is 14.3 Å². The number of para-hydroxylation sites is 3. The number of carbonyl (C=O) groups is 1. The van der Waals surface area contributed by atoms with Gasteiger partial charge < -0.3 is 20.1 Å². The Morgan fingerprint density at radius 2 is 1.62 bits per heavy atom. The zero-order valence-electron chi connectivity index (χ0n) is 24.2. The standard InChI is InChI=1S/C33H34N6O3/c1-5-23-10-9-11-24(6-2)31(23)37-32(40)28-20-29(39(38-28)21-22-14-16-25(41-3)17-15-22)26-18-19-34-33(35-26)36-27-12-7-8-13-30(27)42-4/h7-20H,5-6,21H2,1-4H3,(H,37,40)(H,34,35,36). The number of benzene rings is 3. The predicted octanol–water partition coefficient (Wildman–Crippen LogP) is 6.53. The Kier molecular flexibility index (Phi) is 8.77. The van der Waals surface area contributed by atoms with Crippen LogP contribution in [0.3, 0.4) is 0 Å². The van der Waals surface area contributed by atoms with E-state index in [1.54, 1.807) is 37.2 Å². The Morgan fingerprint density at radius 1 is 0.881 bits per heavy atom. The molecule has 0 aliphatic carbocycles. The van der Waals surface area contributed by atoms with Crippen molar-refractivity contribution in [1.29, 1.82) is 0 Å². The van der Waals surface area contributed by atoms with E-state index in [1.165, 1.54) is 0 Å². The normalized spacial score (nSPS) is 10.8. The molecule has 9 heteroatoms. The van der Waals surface area contributed by atoms with Crippen molar-refractivity contribution in [3.63, 3.8) is 0 Å². The minimum Gasteiger partial charge on any atom is -0.497 e. The van der Waals surface area contributed by atoms with Crippen molar-refractivity contribution in [2.24, 2.45) is 0 Å². The van der Waals surface area contributed by atoms with Crippen molar-refractivity contribution >= 4 is 23.2 Å². The van der Waals surface area contributed by atoms with E-state index in [0.29, 0.717) is 35.3 Å². The second-order valence-electron chi connectivity index (χ2n) is 9.62. The van der Waals surface area contributed by atoms with Crippen molar-refractivity contribution in [1.82, 2.24) is 19.7 Å². The summed E-state index contributed by atoms with van der Waals surface area (Å²) in [5.74, 6) is 1.56. The van der Waals surface area contributed by atoms with Crippen LogP contribution in [0.15, 0.2) is 85.1 Å². The highest BCUT2D eigenvalue weighted by Crippen LogP contribution is 2.28. The van der Waals surface area contributed by atoms with Crippen molar-refractivity contribution in [2.45, 2.75) is 33.2 Å². The number of carbonyl (C=O) groups excluding carboxylic acids is 1. The van der Waals surface area contributed by atoms with Gasteiger partial charge >= 0.3 is 0 Å². The molecule has 42 heavy (non-hydrogen) atoms. The third-order valence-corrected chi connectivity index (χ3v) is 7.01. The molecule has 2 aromatic heterocycles. The van der Waals surface area contributed by atoms with Gasteiger partial charge in [0, 0.05) is 11.9 Å². The summed E-state index contributed by atoms with van der Waals surface area (Å²) >= 11 is 0. The summed E-state index contributed by atoms with van der Waals surface area (Å²) in [5.41, 5.74) is 6.36. The third-order valence-electron chi connectivity index (χ3n) is 7.01. The lowest BCUT2D eigenvalue weighted by Gasteiger charge is -2.13. The number of methoxy groups -OCH3 is 2. The van der Waals surface area contributed by atoms with Crippen LogP contribution in [0.25, 0.3) is 11.4 Å². The number of nitrogens with one attached hydrogen (secondary N) is 2. The van der Waals surface area contributed by atoms with Gasteiger partial charge in [-0.1, -0.05) is 56.3 Å². The maximum atomic E-state index is 13.6. The lowest BCUT2D eigenvalue weighted by atomic mass is 10.0. The van der Waals surface area contributed by atoms with Gasteiger partial charge in [0.05, 0.1) is 37.8 Å². The van der Waals surface area contributed by atoms with Gasteiger partial charge in [-0.2, -0.15) is 5.10 Å². The summed E-state index contributed by atoms with van der Waals surface area (Å²) in [6.07, 6.45) is 3.29. The van der Waals surface area contributed by atoms with Gasteiger partial charge in [-0.25, -0.2) is 9.97 Å². The van der Waals surface area contributed by atoms with Crippen LogP contribution in [0, 0.1) is 0 Å². The molecule has 0 aliphatic rings. The zero-order valence-corrected chi connectivity index (χ0v) is 24.2. The molecule has 0 unspecified atom stereocenters. The molecular weight excluding hydrogens is 528 g/mol. The van der Waals surface area contributed by atoms with E-state index in [9.17, 15) is 4.79 Å². The minimum absolute atomic E-state index is 0.276. The van der Waals surface area contributed by atoms with Crippen molar-refractivity contribution in [3.8, 4) is 22.9 Å². The van der Waals surface area contributed by atoms with Crippen LogP contribution in [0.4, 0.5) is 17.3 Å².